The van der Waals surface area contributed by atoms with Crippen LogP contribution in [0, 0.1) is 0 Å². The Morgan fingerprint density at radius 3 is 3.00 bits per heavy atom. The van der Waals surface area contributed by atoms with Crippen LogP contribution in [0.5, 0.6) is 0 Å². The fraction of sp³-hybridized carbons (Fsp3) is 0.538. The number of nitrogens with one attached hydrogen (secondary N) is 1. The molecule has 2 rings (SSSR count). The minimum Gasteiger partial charge on any atom is -0.377 e. The van der Waals surface area contributed by atoms with Gasteiger partial charge in [0.15, 0.2) is 0 Å². The van der Waals surface area contributed by atoms with Gasteiger partial charge in [0.2, 0.25) is 0 Å². The van der Waals surface area contributed by atoms with Crippen molar-refractivity contribution in [1.29, 1.82) is 0 Å². The highest BCUT2D eigenvalue weighted by Crippen LogP contribution is 2.25. The summed E-state index contributed by atoms with van der Waals surface area (Å²) in [7, 11) is 1.76. The minimum absolute atomic E-state index is 0.194. The van der Waals surface area contributed by atoms with E-state index in [0.29, 0.717) is 5.92 Å². The third-order valence-corrected chi connectivity index (χ3v) is 3.27. The van der Waals surface area contributed by atoms with Crippen molar-refractivity contribution in [3.8, 4) is 0 Å². The zero-order valence-corrected chi connectivity index (χ0v) is 9.49. The van der Waals surface area contributed by atoms with E-state index in [2.05, 4.69) is 36.5 Å². The van der Waals surface area contributed by atoms with Crippen molar-refractivity contribution in [3.63, 3.8) is 0 Å². The first-order chi connectivity index (χ1) is 7.31. The molecule has 1 fully saturated rings. The van der Waals surface area contributed by atoms with Gasteiger partial charge in [0.1, 0.15) is 0 Å². The van der Waals surface area contributed by atoms with E-state index in [1.807, 2.05) is 0 Å². The second kappa shape index (κ2) is 4.77. The third-order valence-electron chi connectivity index (χ3n) is 3.27. The lowest BCUT2D eigenvalue weighted by Crippen LogP contribution is -2.08. The van der Waals surface area contributed by atoms with Crippen molar-refractivity contribution < 1.29 is 4.74 Å². The van der Waals surface area contributed by atoms with Gasteiger partial charge in [-0.3, -0.25) is 0 Å². The molecule has 1 saturated heterocycles. The lowest BCUT2D eigenvalue weighted by atomic mass is 9.95. The molecule has 82 valence electrons. The zero-order chi connectivity index (χ0) is 10.7. The molecule has 1 aromatic rings. The molecule has 0 radical (unpaired) electrons. The summed E-state index contributed by atoms with van der Waals surface area (Å²) in [5.74, 6) is 0.689. The lowest BCUT2D eigenvalue weighted by Gasteiger charge is -2.14. The average molecular weight is 205 g/mol. The number of methoxy groups -OCH3 is 1. The number of hydrogen-bond donors (Lipinski definition) is 1. The quantitative estimate of drug-likeness (QED) is 0.818. The first kappa shape index (κ1) is 10.7. The topological polar surface area (TPSA) is 21.3 Å². The summed E-state index contributed by atoms with van der Waals surface area (Å²) in [4.78, 5) is 0. The van der Waals surface area contributed by atoms with Gasteiger partial charge in [0, 0.05) is 13.7 Å². The van der Waals surface area contributed by atoms with E-state index in [-0.39, 0.29) is 6.10 Å². The highest BCUT2D eigenvalue weighted by molar-refractivity contribution is 5.28. The van der Waals surface area contributed by atoms with Gasteiger partial charge >= 0.3 is 0 Å². The fourth-order valence-corrected chi connectivity index (χ4v) is 2.14. The van der Waals surface area contributed by atoms with Crippen molar-refractivity contribution in [2.75, 3.05) is 20.2 Å². The normalized spacial score (nSPS) is 22.9. The Labute approximate surface area is 91.6 Å². The van der Waals surface area contributed by atoms with E-state index in [1.165, 1.54) is 17.5 Å². The number of benzene rings is 1. The molecule has 0 aliphatic carbocycles. The van der Waals surface area contributed by atoms with Gasteiger partial charge in [-0.2, -0.15) is 0 Å². The molecule has 0 bridgehead atoms. The van der Waals surface area contributed by atoms with Crippen LogP contribution in [0.1, 0.15) is 36.5 Å². The van der Waals surface area contributed by atoms with Crippen LogP contribution in [0.3, 0.4) is 0 Å². The molecule has 0 amide bonds. The van der Waals surface area contributed by atoms with E-state index < -0.39 is 0 Å². The smallest absolute Gasteiger partial charge is 0.0793 e. The largest absolute Gasteiger partial charge is 0.377 e. The SMILES string of the molecule is COC(C)c1cccc(C2CCNC2)c1. The highest BCUT2D eigenvalue weighted by atomic mass is 16.5. The number of hydrogen-bond acceptors (Lipinski definition) is 2. The van der Waals surface area contributed by atoms with Crippen molar-refractivity contribution in [1.82, 2.24) is 5.32 Å². The molecular formula is C13H19NO. The Bertz CT molecular complexity index is 318. The molecule has 1 heterocycles. The molecule has 2 atom stereocenters. The first-order valence-electron chi connectivity index (χ1n) is 5.64. The predicted octanol–water partition coefficient (Wildman–Crippen LogP) is 2.47. The van der Waals surface area contributed by atoms with E-state index in [4.69, 9.17) is 4.74 Å². The van der Waals surface area contributed by atoms with E-state index in [0.717, 1.165) is 13.1 Å². The van der Waals surface area contributed by atoms with Gasteiger partial charge in [-0.05, 0) is 36.9 Å². The highest BCUT2D eigenvalue weighted by Gasteiger charge is 2.17. The summed E-state index contributed by atoms with van der Waals surface area (Å²) in [5, 5.41) is 3.40. The van der Waals surface area contributed by atoms with Crippen LogP contribution >= 0.6 is 0 Å². The second-order valence-corrected chi connectivity index (χ2v) is 4.24. The van der Waals surface area contributed by atoms with Gasteiger partial charge in [-0.15, -0.1) is 0 Å². The van der Waals surface area contributed by atoms with Crippen molar-refractivity contribution in [3.05, 3.63) is 35.4 Å². The molecule has 0 saturated carbocycles. The molecule has 1 N–H and O–H groups in total. The molecule has 15 heavy (non-hydrogen) atoms. The summed E-state index contributed by atoms with van der Waals surface area (Å²) < 4.78 is 5.34. The van der Waals surface area contributed by atoms with E-state index >= 15 is 0 Å². The lowest BCUT2D eigenvalue weighted by molar-refractivity contribution is 0.119. The van der Waals surface area contributed by atoms with Gasteiger partial charge in [-0.25, -0.2) is 0 Å². The molecule has 2 unspecified atom stereocenters. The van der Waals surface area contributed by atoms with Crippen LogP contribution < -0.4 is 5.32 Å². The van der Waals surface area contributed by atoms with Gasteiger partial charge in [0.25, 0.3) is 0 Å². The molecule has 1 aliphatic rings. The standard InChI is InChI=1S/C13H19NO/c1-10(15-2)11-4-3-5-12(8-11)13-6-7-14-9-13/h3-5,8,10,13-14H,6-7,9H2,1-2H3. The molecule has 0 spiro atoms. The molecule has 1 aliphatic heterocycles. The third kappa shape index (κ3) is 2.39. The Hall–Kier alpha value is -0.860. The maximum Gasteiger partial charge on any atom is 0.0793 e. The van der Waals surface area contributed by atoms with E-state index in [1.54, 1.807) is 7.11 Å². The van der Waals surface area contributed by atoms with E-state index in [9.17, 15) is 0 Å². The summed E-state index contributed by atoms with van der Waals surface area (Å²) in [6.07, 6.45) is 1.45. The van der Waals surface area contributed by atoms with Crippen LogP contribution in [0.15, 0.2) is 24.3 Å². The van der Waals surface area contributed by atoms with Crippen LogP contribution in [0.25, 0.3) is 0 Å². The van der Waals surface area contributed by atoms with Gasteiger partial charge < -0.3 is 10.1 Å². The summed E-state index contributed by atoms with van der Waals surface area (Å²) in [5.41, 5.74) is 2.73. The van der Waals surface area contributed by atoms with Crippen molar-refractivity contribution >= 4 is 0 Å². The summed E-state index contributed by atoms with van der Waals surface area (Å²) in [6.45, 7) is 4.35. The molecule has 0 aromatic heterocycles. The fourth-order valence-electron chi connectivity index (χ4n) is 2.14. The molecule has 2 heteroatoms. The Morgan fingerprint density at radius 1 is 1.47 bits per heavy atom. The molecular weight excluding hydrogens is 186 g/mol. The van der Waals surface area contributed by atoms with Crippen LogP contribution in [0.4, 0.5) is 0 Å². The second-order valence-electron chi connectivity index (χ2n) is 4.24. The first-order valence-corrected chi connectivity index (χ1v) is 5.64. The number of ether oxygens (including phenoxy) is 1. The Balaban J connectivity index is 2.18. The summed E-state index contributed by atoms with van der Waals surface area (Å²) >= 11 is 0. The Morgan fingerprint density at radius 2 is 2.33 bits per heavy atom. The maximum absolute atomic E-state index is 5.34. The van der Waals surface area contributed by atoms with Gasteiger partial charge in [0.05, 0.1) is 6.10 Å². The van der Waals surface area contributed by atoms with Crippen molar-refractivity contribution in [2.24, 2.45) is 0 Å². The summed E-state index contributed by atoms with van der Waals surface area (Å²) in [6, 6.07) is 8.79. The van der Waals surface area contributed by atoms with Gasteiger partial charge in [-0.1, -0.05) is 24.3 Å². The minimum atomic E-state index is 0.194. The van der Waals surface area contributed by atoms with Crippen LogP contribution in [0.2, 0.25) is 0 Å². The van der Waals surface area contributed by atoms with Crippen LogP contribution in [-0.4, -0.2) is 20.2 Å². The molecule has 2 nitrogen and oxygen atoms in total. The monoisotopic (exact) mass is 205 g/mol. The van der Waals surface area contributed by atoms with Crippen LogP contribution in [-0.2, 0) is 4.74 Å². The average Bonchev–Trinajstić information content (AvgIpc) is 2.82. The molecule has 1 aromatic carbocycles. The Kier molecular flexibility index (Phi) is 3.39. The number of rotatable bonds is 3. The van der Waals surface area contributed by atoms with Crippen molar-refractivity contribution in [2.45, 2.75) is 25.4 Å². The predicted molar refractivity (Wildman–Crippen MR) is 62.1 cm³/mol. The maximum atomic E-state index is 5.34. The zero-order valence-electron chi connectivity index (χ0n) is 9.49.